The van der Waals surface area contributed by atoms with Crippen molar-refractivity contribution in [3.8, 4) is 0 Å². The lowest BCUT2D eigenvalue weighted by molar-refractivity contribution is 0.102. The van der Waals surface area contributed by atoms with Gasteiger partial charge in [-0.15, -0.1) is 0 Å². The summed E-state index contributed by atoms with van der Waals surface area (Å²) in [6.07, 6.45) is 0. The number of nitrogens with zero attached hydrogens (tertiary/aromatic N) is 1. The number of thioether (sulfide) groups is 1. The first-order valence-corrected chi connectivity index (χ1v) is 5.84. The second-order valence-corrected chi connectivity index (χ2v) is 4.16. The van der Waals surface area contributed by atoms with Crippen LogP contribution in [0.25, 0.3) is 0 Å². The zero-order valence-corrected chi connectivity index (χ0v) is 9.09. The van der Waals surface area contributed by atoms with Crippen LogP contribution in [0.3, 0.4) is 0 Å². The smallest absolute Gasteiger partial charge is 0.173 e. The van der Waals surface area contributed by atoms with Crippen LogP contribution in [0.1, 0.15) is 10.4 Å². The molecule has 0 bridgehead atoms. The number of rotatable bonds is 3. The number of carbonyl (C=O) groups is 1. The van der Waals surface area contributed by atoms with Gasteiger partial charge in [0.05, 0.1) is 12.3 Å². The molecule has 0 saturated heterocycles. The lowest BCUT2D eigenvalue weighted by Crippen LogP contribution is -2.17. The number of ketones is 1. The average Bonchev–Trinajstić information content (AvgIpc) is 2.80. The van der Waals surface area contributed by atoms with Crippen LogP contribution in [0, 0.1) is 0 Å². The predicted molar refractivity (Wildman–Crippen MR) is 63.5 cm³/mol. The molecular weight excluding hydrogens is 208 g/mol. The lowest BCUT2D eigenvalue weighted by atomic mass is 10.2. The zero-order valence-electron chi connectivity index (χ0n) is 8.27. The fourth-order valence-electron chi connectivity index (χ4n) is 1.31. The third-order valence-corrected chi connectivity index (χ3v) is 3.03. The standard InChI is InChI=1S/C11H12N2OS/c14-10(9-4-2-1-3-5-9)8-15-11-12-6-7-13-11/h1-5H,6-8H2,(H,12,13). The highest BCUT2D eigenvalue weighted by atomic mass is 32.2. The van der Waals surface area contributed by atoms with Crippen molar-refractivity contribution in [1.82, 2.24) is 5.32 Å². The van der Waals surface area contributed by atoms with Crippen molar-refractivity contribution in [3.05, 3.63) is 35.9 Å². The Morgan fingerprint density at radius 1 is 1.40 bits per heavy atom. The van der Waals surface area contributed by atoms with E-state index in [1.54, 1.807) is 0 Å². The molecule has 4 heteroatoms. The van der Waals surface area contributed by atoms with Crippen LogP contribution in [-0.2, 0) is 0 Å². The van der Waals surface area contributed by atoms with Crippen molar-refractivity contribution in [2.75, 3.05) is 18.8 Å². The van der Waals surface area contributed by atoms with E-state index in [2.05, 4.69) is 10.3 Å². The Kier molecular flexibility index (Phi) is 3.40. The highest BCUT2D eigenvalue weighted by Gasteiger charge is 2.10. The van der Waals surface area contributed by atoms with Crippen LogP contribution >= 0.6 is 11.8 Å². The fraction of sp³-hybridized carbons (Fsp3) is 0.273. The molecule has 0 radical (unpaired) electrons. The summed E-state index contributed by atoms with van der Waals surface area (Å²) in [6, 6.07) is 9.35. The lowest BCUT2D eigenvalue weighted by Gasteiger charge is -2.01. The largest absolute Gasteiger partial charge is 0.363 e. The molecule has 15 heavy (non-hydrogen) atoms. The summed E-state index contributed by atoms with van der Waals surface area (Å²) in [4.78, 5) is 15.9. The van der Waals surface area contributed by atoms with E-state index in [-0.39, 0.29) is 5.78 Å². The summed E-state index contributed by atoms with van der Waals surface area (Å²) in [5, 5.41) is 4.01. The molecule has 1 aliphatic heterocycles. The number of Topliss-reactive ketones (excluding diaryl/α,β-unsaturated/α-hetero) is 1. The Morgan fingerprint density at radius 2 is 2.20 bits per heavy atom. The molecule has 0 atom stereocenters. The van der Waals surface area contributed by atoms with E-state index in [9.17, 15) is 4.79 Å². The first-order chi connectivity index (χ1) is 7.36. The summed E-state index contributed by atoms with van der Waals surface area (Å²) in [5.74, 6) is 0.604. The predicted octanol–water partition coefficient (Wildman–Crippen LogP) is 1.56. The molecule has 0 spiro atoms. The Bertz CT molecular complexity index is 375. The topological polar surface area (TPSA) is 41.5 Å². The molecule has 0 unspecified atom stereocenters. The van der Waals surface area contributed by atoms with E-state index in [1.807, 2.05) is 30.3 Å². The first kappa shape index (κ1) is 10.2. The molecule has 0 aliphatic carbocycles. The SMILES string of the molecule is O=C(CSC1=NCCN1)c1ccccc1. The first-order valence-electron chi connectivity index (χ1n) is 4.85. The number of benzene rings is 1. The Hall–Kier alpha value is -1.29. The third-order valence-electron chi connectivity index (χ3n) is 2.08. The summed E-state index contributed by atoms with van der Waals surface area (Å²) in [5.41, 5.74) is 0.767. The monoisotopic (exact) mass is 220 g/mol. The van der Waals surface area contributed by atoms with Crippen molar-refractivity contribution in [1.29, 1.82) is 0 Å². The van der Waals surface area contributed by atoms with Crippen LogP contribution in [0.5, 0.6) is 0 Å². The maximum atomic E-state index is 11.7. The summed E-state index contributed by atoms with van der Waals surface area (Å²) < 4.78 is 0. The third kappa shape index (κ3) is 2.83. The van der Waals surface area contributed by atoms with Gasteiger partial charge in [0.2, 0.25) is 0 Å². The van der Waals surface area contributed by atoms with E-state index in [4.69, 9.17) is 0 Å². The van der Waals surface area contributed by atoms with Gasteiger partial charge in [0.25, 0.3) is 0 Å². The van der Waals surface area contributed by atoms with E-state index in [0.717, 1.165) is 23.8 Å². The second-order valence-electron chi connectivity index (χ2n) is 3.19. The van der Waals surface area contributed by atoms with Crippen molar-refractivity contribution < 1.29 is 4.79 Å². The van der Waals surface area contributed by atoms with Crippen LogP contribution in [0.4, 0.5) is 0 Å². The minimum Gasteiger partial charge on any atom is -0.363 e. The van der Waals surface area contributed by atoms with Gasteiger partial charge < -0.3 is 5.32 Å². The summed E-state index contributed by atoms with van der Waals surface area (Å²) >= 11 is 1.48. The minimum absolute atomic E-state index is 0.150. The van der Waals surface area contributed by atoms with Crippen LogP contribution in [0.15, 0.2) is 35.3 Å². The van der Waals surface area contributed by atoms with Gasteiger partial charge >= 0.3 is 0 Å². The number of hydrogen-bond acceptors (Lipinski definition) is 4. The molecule has 2 rings (SSSR count). The summed E-state index contributed by atoms with van der Waals surface area (Å²) in [6.45, 7) is 1.71. The van der Waals surface area contributed by atoms with Gasteiger partial charge in [0.15, 0.2) is 11.0 Å². The maximum absolute atomic E-state index is 11.7. The van der Waals surface area contributed by atoms with Crippen molar-refractivity contribution in [2.24, 2.45) is 4.99 Å². The minimum atomic E-state index is 0.150. The molecule has 3 nitrogen and oxygen atoms in total. The Balaban J connectivity index is 1.87. The summed E-state index contributed by atoms with van der Waals surface area (Å²) in [7, 11) is 0. The van der Waals surface area contributed by atoms with Crippen LogP contribution in [-0.4, -0.2) is 29.8 Å². The van der Waals surface area contributed by atoms with Gasteiger partial charge in [0.1, 0.15) is 0 Å². The highest BCUT2D eigenvalue weighted by Crippen LogP contribution is 2.09. The molecule has 0 amide bonds. The van der Waals surface area contributed by atoms with Gasteiger partial charge in [-0.3, -0.25) is 9.79 Å². The van der Waals surface area contributed by atoms with Crippen molar-refractivity contribution in [3.63, 3.8) is 0 Å². The number of amidine groups is 1. The molecule has 0 aromatic heterocycles. The molecular formula is C11H12N2OS. The molecule has 1 aromatic carbocycles. The number of carbonyl (C=O) groups excluding carboxylic acids is 1. The number of aliphatic imine (C=N–C) groups is 1. The maximum Gasteiger partial charge on any atom is 0.173 e. The normalized spacial score (nSPS) is 14.5. The average molecular weight is 220 g/mol. The molecule has 1 aliphatic rings. The number of nitrogens with one attached hydrogen (secondary N) is 1. The van der Waals surface area contributed by atoms with Crippen molar-refractivity contribution in [2.45, 2.75) is 0 Å². The van der Waals surface area contributed by atoms with Gasteiger partial charge in [-0.25, -0.2) is 0 Å². The quantitative estimate of drug-likeness (QED) is 0.786. The second kappa shape index (κ2) is 4.98. The fourth-order valence-corrected chi connectivity index (χ4v) is 2.14. The zero-order chi connectivity index (χ0) is 10.5. The number of hydrogen-bond donors (Lipinski definition) is 1. The van der Waals surface area contributed by atoms with Gasteiger partial charge in [-0.2, -0.15) is 0 Å². The van der Waals surface area contributed by atoms with Gasteiger partial charge in [-0.1, -0.05) is 42.1 Å². The van der Waals surface area contributed by atoms with E-state index in [1.165, 1.54) is 11.8 Å². The van der Waals surface area contributed by atoms with Crippen molar-refractivity contribution >= 4 is 22.7 Å². The molecule has 1 aromatic rings. The van der Waals surface area contributed by atoms with Crippen LogP contribution < -0.4 is 5.32 Å². The Labute approximate surface area is 93.0 Å². The van der Waals surface area contributed by atoms with E-state index >= 15 is 0 Å². The van der Waals surface area contributed by atoms with E-state index < -0.39 is 0 Å². The molecule has 0 fully saturated rings. The molecule has 0 saturated carbocycles. The Morgan fingerprint density at radius 3 is 2.87 bits per heavy atom. The van der Waals surface area contributed by atoms with E-state index in [0.29, 0.717) is 5.75 Å². The molecule has 1 N–H and O–H groups in total. The highest BCUT2D eigenvalue weighted by molar-refractivity contribution is 8.14. The van der Waals surface area contributed by atoms with Gasteiger partial charge in [0, 0.05) is 12.1 Å². The molecule has 78 valence electrons. The van der Waals surface area contributed by atoms with Crippen LogP contribution in [0.2, 0.25) is 0 Å². The molecule has 1 heterocycles. The van der Waals surface area contributed by atoms with Gasteiger partial charge in [-0.05, 0) is 0 Å².